The highest BCUT2D eigenvalue weighted by molar-refractivity contribution is 7.09. The molecule has 0 saturated carbocycles. The number of rotatable bonds is 6. The van der Waals surface area contributed by atoms with E-state index in [1.54, 1.807) is 16.6 Å². The maximum atomic E-state index is 12.1. The van der Waals surface area contributed by atoms with Crippen LogP contribution in [0.4, 0.5) is 4.79 Å². The van der Waals surface area contributed by atoms with Gasteiger partial charge in [0.05, 0.1) is 17.0 Å². The second-order valence-electron chi connectivity index (χ2n) is 5.90. The number of nitrogens with zero attached hydrogens (tertiary/aromatic N) is 2. The Morgan fingerprint density at radius 3 is 2.75 bits per heavy atom. The summed E-state index contributed by atoms with van der Waals surface area (Å²) >= 11 is 1.50. The van der Waals surface area contributed by atoms with E-state index in [1.807, 2.05) is 30.3 Å². The zero-order valence-corrected chi connectivity index (χ0v) is 14.4. The van der Waals surface area contributed by atoms with Crippen LogP contribution >= 0.6 is 11.3 Å². The Hall–Kier alpha value is -2.08. The molecule has 2 heterocycles. The number of hydrogen-bond acceptors (Lipinski definition) is 5. The molecule has 0 bridgehead atoms. The summed E-state index contributed by atoms with van der Waals surface area (Å²) in [6.45, 7) is 2.56. The largest absolute Gasteiger partial charge is 0.494 e. The number of likely N-dealkylation sites (tertiary alicyclic amines) is 1. The van der Waals surface area contributed by atoms with Gasteiger partial charge >= 0.3 is 6.09 Å². The third-order valence-corrected chi connectivity index (χ3v) is 4.99. The van der Waals surface area contributed by atoms with Crippen molar-refractivity contribution in [3.05, 3.63) is 46.9 Å². The van der Waals surface area contributed by atoms with Crippen LogP contribution in [-0.4, -0.2) is 35.7 Å². The number of thiazole rings is 1. The van der Waals surface area contributed by atoms with Gasteiger partial charge in [-0.05, 0) is 37.3 Å². The van der Waals surface area contributed by atoms with Gasteiger partial charge in [-0.2, -0.15) is 0 Å². The molecule has 6 heteroatoms. The van der Waals surface area contributed by atoms with Gasteiger partial charge in [0.25, 0.3) is 0 Å². The molecule has 0 radical (unpaired) electrons. The van der Waals surface area contributed by atoms with Crippen molar-refractivity contribution in [3.63, 3.8) is 0 Å². The van der Waals surface area contributed by atoms with Gasteiger partial charge in [0, 0.05) is 19.3 Å². The molecule has 1 fully saturated rings. The van der Waals surface area contributed by atoms with E-state index in [0.29, 0.717) is 12.5 Å². The summed E-state index contributed by atoms with van der Waals surface area (Å²) in [6, 6.07) is 9.89. The van der Waals surface area contributed by atoms with Crippen molar-refractivity contribution in [2.45, 2.75) is 25.9 Å². The van der Waals surface area contributed by atoms with Crippen molar-refractivity contribution in [2.24, 2.45) is 5.92 Å². The lowest BCUT2D eigenvalue weighted by Crippen LogP contribution is -2.39. The summed E-state index contributed by atoms with van der Waals surface area (Å²) in [5, 5.41) is 0. The first-order chi connectivity index (χ1) is 11.8. The molecule has 3 rings (SSSR count). The lowest BCUT2D eigenvalue weighted by molar-refractivity contribution is 0.0807. The van der Waals surface area contributed by atoms with Gasteiger partial charge in [-0.3, -0.25) is 4.98 Å². The molecule has 2 aromatic rings. The highest BCUT2D eigenvalue weighted by atomic mass is 32.1. The van der Waals surface area contributed by atoms with Crippen molar-refractivity contribution in [1.29, 1.82) is 0 Å². The number of amides is 1. The predicted molar refractivity (Wildman–Crippen MR) is 93.2 cm³/mol. The lowest BCUT2D eigenvalue weighted by atomic mass is 9.94. The molecular formula is C18H22N2O3S. The van der Waals surface area contributed by atoms with Crippen LogP contribution in [0.1, 0.15) is 24.1 Å². The standard InChI is InChI=1S/C18H22N2O3S/c21-18(23-13-17-12-19-14-24-17)20-9-6-15(7-10-20)8-11-22-16-4-2-1-3-5-16/h1-5,12,14-15H,6-11,13H2. The third kappa shape index (κ3) is 4.96. The highest BCUT2D eigenvalue weighted by Gasteiger charge is 2.23. The van der Waals surface area contributed by atoms with Gasteiger partial charge in [-0.25, -0.2) is 4.79 Å². The summed E-state index contributed by atoms with van der Waals surface area (Å²) in [7, 11) is 0. The van der Waals surface area contributed by atoms with E-state index >= 15 is 0 Å². The molecule has 5 nitrogen and oxygen atoms in total. The molecule has 1 amide bonds. The molecule has 0 spiro atoms. The molecule has 1 saturated heterocycles. The molecule has 1 aromatic carbocycles. The number of benzene rings is 1. The average molecular weight is 346 g/mol. The molecule has 0 unspecified atom stereocenters. The van der Waals surface area contributed by atoms with Crippen molar-refractivity contribution in [1.82, 2.24) is 9.88 Å². The van der Waals surface area contributed by atoms with Crippen molar-refractivity contribution < 1.29 is 14.3 Å². The van der Waals surface area contributed by atoms with Gasteiger partial charge in [0.1, 0.15) is 12.4 Å². The number of aromatic nitrogens is 1. The Morgan fingerprint density at radius 1 is 1.25 bits per heavy atom. The Labute approximate surface area is 146 Å². The first-order valence-electron chi connectivity index (χ1n) is 8.28. The van der Waals surface area contributed by atoms with E-state index in [1.165, 1.54) is 11.3 Å². The van der Waals surface area contributed by atoms with Crippen LogP contribution in [0.2, 0.25) is 0 Å². The fourth-order valence-electron chi connectivity index (χ4n) is 2.80. The van der Waals surface area contributed by atoms with Gasteiger partial charge in [0.2, 0.25) is 0 Å². The van der Waals surface area contributed by atoms with E-state index in [-0.39, 0.29) is 6.09 Å². The van der Waals surface area contributed by atoms with Crippen molar-refractivity contribution >= 4 is 17.4 Å². The number of hydrogen-bond donors (Lipinski definition) is 0. The number of ether oxygens (including phenoxy) is 2. The van der Waals surface area contributed by atoms with Crippen LogP contribution in [0.25, 0.3) is 0 Å². The summed E-state index contributed by atoms with van der Waals surface area (Å²) in [5.74, 6) is 1.53. The SMILES string of the molecule is O=C(OCc1cncs1)N1CCC(CCOc2ccccc2)CC1. The van der Waals surface area contributed by atoms with Gasteiger partial charge in [-0.1, -0.05) is 18.2 Å². The molecule has 1 aliphatic heterocycles. The zero-order valence-electron chi connectivity index (χ0n) is 13.6. The van der Waals surface area contributed by atoms with E-state index in [4.69, 9.17) is 9.47 Å². The summed E-state index contributed by atoms with van der Waals surface area (Å²) < 4.78 is 11.1. The van der Waals surface area contributed by atoms with Crippen molar-refractivity contribution in [2.75, 3.05) is 19.7 Å². The molecular weight excluding hydrogens is 324 g/mol. The first kappa shape index (κ1) is 16.8. The molecule has 1 aromatic heterocycles. The minimum Gasteiger partial charge on any atom is -0.494 e. The monoisotopic (exact) mass is 346 g/mol. The molecule has 1 aliphatic rings. The van der Waals surface area contributed by atoms with Gasteiger partial charge in [0.15, 0.2) is 0 Å². The summed E-state index contributed by atoms with van der Waals surface area (Å²) in [4.78, 5) is 18.8. The van der Waals surface area contributed by atoms with Crippen LogP contribution in [0.15, 0.2) is 42.0 Å². The highest BCUT2D eigenvalue weighted by Crippen LogP contribution is 2.22. The number of carbonyl (C=O) groups excluding carboxylic acids is 1. The summed E-state index contributed by atoms with van der Waals surface area (Å²) in [5.41, 5.74) is 1.74. The molecule has 0 N–H and O–H groups in total. The fourth-order valence-corrected chi connectivity index (χ4v) is 3.31. The Bertz CT molecular complexity index is 610. The second kappa shape index (κ2) is 8.68. The second-order valence-corrected chi connectivity index (χ2v) is 6.87. The predicted octanol–water partition coefficient (Wildman–Crippen LogP) is 3.96. The average Bonchev–Trinajstić information content (AvgIpc) is 3.15. The van der Waals surface area contributed by atoms with Crippen LogP contribution in [0.3, 0.4) is 0 Å². The van der Waals surface area contributed by atoms with E-state index < -0.39 is 0 Å². The Kier molecular flexibility index (Phi) is 6.07. The number of para-hydroxylation sites is 1. The fraction of sp³-hybridized carbons (Fsp3) is 0.444. The van der Waals surface area contributed by atoms with E-state index in [2.05, 4.69) is 4.98 Å². The number of piperidine rings is 1. The first-order valence-corrected chi connectivity index (χ1v) is 9.16. The Morgan fingerprint density at radius 2 is 2.04 bits per heavy atom. The molecule has 128 valence electrons. The van der Waals surface area contributed by atoms with Crippen LogP contribution in [0, 0.1) is 5.92 Å². The maximum absolute atomic E-state index is 12.1. The van der Waals surface area contributed by atoms with Crippen LogP contribution in [0.5, 0.6) is 5.75 Å². The van der Waals surface area contributed by atoms with Crippen LogP contribution < -0.4 is 4.74 Å². The molecule has 0 aliphatic carbocycles. The molecule has 24 heavy (non-hydrogen) atoms. The zero-order chi connectivity index (χ0) is 16.6. The Balaban J connectivity index is 1.32. The smallest absolute Gasteiger partial charge is 0.410 e. The topological polar surface area (TPSA) is 51.7 Å². The van der Waals surface area contributed by atoms with Gasteiger partial charge < -0.3 is 14.4 Å². The molecule has 0 atom stereocenters. The van der Waals surface area contributed by atoms with Crippen LogP contribution in [-0.2, 0) is 11.3 Å². The number of carbonyl (C=O) groups is 1. The lowest BCUT2D eigenvalue weighted by Gasteiger charge is -2.31. The minimum absolute atomic E-state index is 0.220. The maximum Gasteiger partial charge on any atom is 0.410 e. The van der Waals surface area contributed by atoms with E-state index in [9.17, 15) is 4.79 Å². The summed E-state index contributed by atoms with van der Waals surface area (Å²) in [6.07, 6.45) is 4.55. The quantitative estimate of drug-likeness (QED) is 0.794. The third-order valence-electron chi connectivity index (χ3n) is 4.23. The minimum atomic E-state index is -0.220. The normalized spacial score (nSPS) is 15.2. The van der Waals surface area contributed by atoms with Gasteiger partial charge in [-0.15, -0.1) is 11.3 Å². The van der Waals surface area contributed by atoms with E-state index in [0.717, 1.165) is 49.6 Å². The van der Waals surface area contributed by atoms with Crippen molar-refractivity contribution in [3.8, 4) is 5.75 Å².